The van der Waals surface area contributed by atoms with Crippen LogP contribution >= 0.6 is 0 Å². The number of benzene rings is 1. The minimum Gasteiger partial charge on any atom is -0.383 e. The van der Waals surface area contributed by atoms with E-state index in [1.54, 1.807) is 0 Å². The summed E-state index contributed by atoms with van der Waals surface area (Å²) in [7, 11) is 0. The second kappa shape index (κ2) is 6.57. The van der Waals surface area contributed by atoms with Crippen LogP contribution in [-0.2, 0) is 12.0 Å². The summed E-state index contributed by atoms with van der Waals surface area (Å²) in [6, 6.07) is 7.64. The van der Waals surface area contributed by atoms with Crippen LogP contribution in [-0.4, -0.2) is 24.2 Å². The summed E-state index contributed by atoms with van der Waals surface area (Å²) in [6.45, 7) is 2.80. The molecule has 1 aliphatic carbocycles. The van der Waals surface area contributed by atoms with Gasteiger partial charge in [-0.2, -0.15) is 0 Å². The molecule has 0 bridgehead atoms. The van der Waals surface area contributed by atoms with E-state index in [0.717, 1.165) is 18.4 Å². The molecule has 1 aromatic rings. The van der Waals surface area contributed by atoms with Crippen LogP contribution in [0.2, 0.25) is 0 Å². The summed E-state index contributed by atoms with van der Waals surface area (Å²) >= 11 is 0. The fourth-order valence-corrected chi connectivity index (χ4v) is 2.58. The largest absolute Gasteiger partial charge is 0.383 e. The van der Waals surface area contributed by atoms with Gasteiger partial charge in [0.1, 0.15) is 5.60 Å². The van der Waals surface area contributed by atoms with E-state index in [2.05, 4.69) is 10.6 Å². The van der Waals surface area contributed by atoms with Crippen molar-refractivity contribution in [2.75, 3.05) is 13.1 Å². The number of amides is 2. The van der Waals surface area contributed by atoms with E-state index in [0.29, 0.717) is 13.0 Å². The Labute approximate surface area is 119 Å². The molecule has 108 valence electrons. The highest BCUT2D eigenvalue weighted by Gasteiger charge is 2.36. The van der Waals surface area contributed by atoms with Crippen LogP contribution in [0.15, 0.2) is 36.4 Å². The van der Waals surface area contributed by atoms with Crippen LogP contribution in [0.4, 0.5) is 4.79 Å². The minimum atomic E-state index is -0.933. The number of hydrogen-bond donors (Lipinski definition) is 3. The third kappa shape index (κ3) is 3.39. The Morgan fingerprint density at radius 2 is 2.20 bits per heavy atom. The molecule has 0 saturated heterocycles. The van der Waals surface area contributed by atoms with Crippen LogP contribution in [0.3, 0.4) is 0 Å². The van der Waals surface area contributed by atoms with Gasteiger partial charge >= 0.3 is 6.03 Å². The number of carbonyl (C=O) groups excluding carboxylic acids is 1. The monoisotopic (exact) mass is 274 g/mol. The topological polar surface area (TPSA) is 61.4 Å². The Hall–Kier alpha value is -1.81. The third-order valence-electron chi connectivity index (χ3n) is 3.70. The first-order valence-corrected chi connectivity index (χ1v) is 7.09. The van der Waals surface area contributed by atoms with Gasteiger partial charge in [0, 0.05) is 6.54 Å². The number of carbonyl (C=O) groups is 1. The number of aryl methyl sites for hydroxylation is 1. The highest BCUT2D eigenvalue weighted by molar-refractivity contribution is 5.74. The first-order chi connectivity index (χ1) is 9.65. The van der Waals surface area contributed by atoms with Crippen molar-refractivity contribution in [2.24, 2.45) is 0 Å². The lowest BCUT2D eigenvalue weighted by Gasteiger charge is -2.24. The molecule has 1 unspecified atom stereocenters. The van der Waals surface area contributed by atoms with E-state index >= 15 is 0 Å². The Morgan fingerprint density at radius 3 is 3.00 bits per heavy atom. The zero-order chi connectivity index (χ0) is 14.4. The Bertz CT molecular complexity index is 499. The molecule has 1 aromatic carbocycles. The lowest BCUT2D eigenvalue weighted by molar-refractivity contribution is 0.0412. The maximum Gasteiger partial charge on any atom is 0.314 e. The van der Waals surface area contributed by atoms with Crippen molar-refractivity contribution in [1.82, 2.24) is 10.6 Å². The number of allylic oxidation sites excluding steroid dienone is 1. The molecular weight excluding hydrogens is 252 g/mol. The SMILES string of the molecule is C/C=C/CCNC(=O)NCC1(O)CCc2ccccc21. The summed E-state index contributed by atoms with van der Waals surface area (Å²) in [5.74, 6) is 0. The van der Waals surface area contributed by atoms with Crippen molar-refractivity contribution in [1.29, 1.82) is 0 Å². The standard InChI is InChI=1S/C16H22N2O2/c1-2-3-6-11-17-15(19)18-12-16(20)10-9-13-7-4-5-8-14(13)16/h2-5,7-8,20H,6,9-12H2,1H3,(H2,17,18,19)/b3-2+. The van der Waals surface area contributed by atoms with Crippen molar-refractivity contribution in [3.63, 3.8) is 0 Å². The Morgan fingerprint density at radius 1 is 1.40 bits per heavy atom. The quantitative estimate of drug-likeness (QED) is 0.569. The van der Waals surface area contributed by atoms with Crippen LogP contribution in [0.1, 0.15) is 30.9 Å². The van der Waals surface area contributed by atoms with Crippen molar-refractivity contribution < 1.29 is 9.90 Å². The zero-order valence-corrected chi connectivity index (χ0v) is 11.9. The fraction of sp³-hybridized carbons (Fsp3) is 0.438. The Kier molecular flexibility index (Phi) is 4.79. The van der Waals surface area contributed by atoms with Crippen molar-refractivity contribution in [3.05, 3.63) is 47.5 Å². The smallest absolute Gasteiger partial charge is 0.314 e. The number of fused-ring (bicyclic) bond motifs is 1. The van der Waals surface area contributed by atoms with E-state index in [1.807, 2.05) is 43.3 Å². The average Bonchev–Trinajstić information content (AvgIpc) is 2.80. The van der Waals surface area contributed by atoms with Crippen LogP contribution in [0.25, 0.3) is 0 Å². The molecular formula is C16H22N2O2. The predicted octanol–water partition coefficient (Wildman–Crippen LogP) is 2.09. The molecule has 1 atom stereocenters. The van der Waals surface area contributed by atoms with Gasteiger partial charge in [0.25, 0.3) is 0 Å². The molecule has 0 spiro atoms. The van der Waals surface area contributed by atoms with Crippen LogP contribution < -0.4 is 10.6 Å². The van der Waals surface area contributed by atoms with Gasteiger partial charge in [-0.15, -0.1) is 0 Å². The molecule has 20 heavy (non-hydrogen) atoms. The minimum absolute atomic E-state index is 0.229. The van der Waals surface area contributed by atoms with Crippen LogP contribution in [0.5, 0.6) is 0 Å². The number of nitrogens with one attached hydrogen (secondary N) is 2. The molecule has 0 aliphatic heterocycles. The molecule has 0 aromatic heterocycles. The van der Waals surface area contributed by atoms with E-state index < -0.39 is 5.60 Å². The molecule has 2 rings (SSSR count). The summed E-state index contributed by atoms with van der Waals surface area (Å²) in [5, 5.41) is 16.2. The highest BCUT2D eigenvalue weighted by atomic mass is 16.3. The van der Waals surface area contributed by atoms with E-state index in [4.69, 9.17) is 0 Å². The zero-order valence-electron chi connectivity index (χ0n) is 11.9. The summed E-state index contributed by atoms with van der Waals surface area (Å²) in [6.07, 6.45) is 6.29. The lowest BCUT2D eigenvalue weighted by Crippen LogP contribution is -2.44. The molecule has 0 fully saturated rings. The predicted molar refractivity (Wildman–Crippen MR) is 79.5 cm³/mol. The molecule has 4 nitrogen and oxygen atoms in total. The lowest BCUT2D eigenvalue weighted by atomic mass is 9.96. The van der Waals surface area contributed by atoms with Crippen molar-refractivity contribution >= 4 is 6.03 Å². The first kappa shape index (κ1) is 14.6. The second-order valence-electron chi connectivity index (χ2n) is 5.16. The third-order valence-corrected chi connectivity index (χ3v) is 3.70. The average molecular weight is 274 g/mol. The summed E-state index contributed by atoms with van der Waals surface area (Å²) in [5.41, 5.74) is 1.18. The molecule has 0 radical (unpaired) electrons. The number of rotatable bonds is 5. The molecule has 3 N–H and O–H groups in total. The van der Waals surface area contributed by atoms with E-state index in [-0.39, 0.29) is 12.6 Å². The van der Waals surface area contributed by atoms with Gasteiger partial charge in [0.2, 0.25) is 0 Å². The van der Waals surface area contributed by atoms with Gasteiger partial charge in [0.05, 0.1) is 6.54 Å². The van der Waals surface area contributed by atoms with E-state index in [9.17, 15) is 9.90 Å². The van der Waals surface area contributed by atoms with Gasteiger partial charge in [-0.25, -0.2) is 4.79 Å². The van der Waals surface area contributed by atoms with E-state index in [1.165, 1.54) is 5.56 Å². The fourth-order valence-electron chi connectivity index (χ4n) is 2.58. The Balaban J connectivity index is 1.84. The summed E-state index contributed by atoms with van der Waals surface area (Å²) in [4.78, 5) is 11.7. The van der Waals surface area contributed by atoms with Gasteiger partial charge in [0.15, 0.2) is 0 Å². The number of aliphatic hydroxyl groups is 1. The van der Waals surface area contributed by atoms with Gasteiger partial charge in [-0.3, -0.25) is 0 Å². The van der Waals surface area contributed by atoms with Gasteiger partial charge in [-0.05, 0) is 37.3 Å². The number of urea groups is 1. The van der Waals surface area contributed by atoms with Crippen molar-refractivity contribution in [3.8, 4) is 0 Å². The normalized spacial score (nSPS) is 20.9. The van der Waals surface area contributed by atoms with Gasteiger partial charge in [-0.1, -0.05) is 36.4 Å². The van der Waals surface area contributed by atoms with Gasteiger partial charge < -0.3 is 15.7 Å². The second-order valence-corrected chi connectivity index (χ2v) is 5.16. The first-order valence-electron chi connectivity index (χ1n) is 7.09. The molecule has 4 heteroatoms. The maximum absolute atomic E-state index is 11.7. The molecule has 0 saturated carbocycles. The molecule has 1 aliphatic rings. The van der Waals surface area contributed by atoms with Crippen molar-refractivity contribution in [2.45, 2.75) is 31.8 Å². The molecule has 2 amide bonds. The van der Waals surface area contributed by atoms with Crippen LogP contribution in [0, 0.1) is 0 Å². The maximum atomic E-state index is 11.7. The number of hydrogen-bond acceptors (Lipinski definition) is 2. The summed E-state index contributed by atoms with van der Waals surface area (Å²) < 4.78 is 0. The molecule has 0 heterocycles. The highest BCUT2D eigenvalue weighted by Crippen LogP contribution is 2.35.